The van der Waals surface area contributed by atoms with Gasteiger partial charge in [-0.05, 0) is 29.8 Å². The van der Waals surface area contributed by atoms with Gasteiger partial charge in [-0.2, -0.15) is 0 Å². The average molecular weight is 446 g/mol. The highest BCUT2D eigenvalue weighted by Crippen LogP contribution is 2.20. The summed E-state index contributed by atoms with van der Waals surface area (Å²) in [6.07, 6.45) is 1.54. The predicted octanol–water partition coefficient (Wildman–Crippen LogP) is 4.09. The summed E-state index contributed by atoms with van der Waals surface area (Å²) in [5.41, 5.74) is 3.99. The Morgan fingerprint density at radius 2 is 1.62 bits per heavy atom. The van der Waals surface area contributed by atoms with Crippen molar-refractivity contribution in [1.29, 1.82) is 0 Å². The molecule has 2 aromatic heterocycles. The van der Waals surface area contributed by atoms with E-state index >= 15 is 0 Å². The number of piperazine rings is 1. The number of nitrogens with zero attached hydrogens (tertiary/aromatic N) is 5. The van der Waals surface area contributed by atoms with E-state index in [1.807, 2.05) is 17.0 Å². The van der Waals surface area contributed by atoms with Crippen LogP contribution in [0.2, 0.25) is 5.15 Å². The fourth-order valence-corrected chi connectivity index (χ4v) is 4.29. The van der Waals surface area contributed by atoms with Crippen LogP contribution in [0.3, 0.4) is 0 Å². The van der Waals surface area contributed by atoms with Crippen molar-refractivity contribution >= 4 is 28.5 Å². The first kappa shape index (κ1) is 20.7. The number of aromatic nitrogens is 3. The standard InChI is InChI=1S/C25H24ClN5O/c26-23-11-10-20(16-27-23)25(32)30-14-12-29(13-15-30)18-24-28-21-8-4-5-9-22(21)31(24)17-19-6-2-1-3-7-19/h1-11,16H,12-15,17-18H2. The van der Waals surface area contributed by atoms with Gasteiger partial charge in [0.05, 0.1) is 23.1 Å². The molecule has 7 heteroatoms. The van der Waals surface area contributed by atoms with Gasteiger partial charge in [0.25, 0.3) is 5.91 Å². The smallest absolute Gasteiger partial charge is 0.255 e. The summed E-state index contributed by atoms with van der Waals surface area (Å²) >= 11 is 5.84. The first-order chi connectivity index (χ1) is 15.7. The Hall–Kier alpha value is -3.22. The van der Waals surface area contributed by atoms with E-state index in [0.29, 0.717) is 23.8 Å². The van der Waals surface area contributed by atoms with E-state index in [9.17, 15) is 4.79 Å². The molecule has 0 saturated carbocycles. The number of hydrogen-bond acceptors (Lipinski definition) is 4. The molecule has 0 radical (unpaired) electrons. The van der Waals surface area contributed by atoms with E-state index in [1.54, 1.807) is 18.3 Å². The molecule has 1 aliphatic heterocycles. The summed E-state index contributed by atoms with van der Waals surface area (Å²) in [6, 6.07) is 22.1. The second-order valence-corrected chi connectivity index (χ2v) is 8.41. The molecule has 1 fully saturated rings. The second kappa shape index (κ2) is 9.10. The van der Waals surface area contributed by atoms with Gasteiger partial charge in [-0.25, -0.2) is 9.97 Å². The third-order valence-corrected chi connectivity index (χ3v) is 6.14. The number of carbonyl (C=O) groups is 1. The number of amides is 1. The van der Waals surface area contributed by atoms with Crippen LogP contribution in [0.4, 0.5) is 0 Å². The summed E-state index contributed by atoms with van der Waals surface area (Å²) in [5.74, 6) is 1.06. The Labute approximate surface area is 192 Å². The minimum atomic E-state index is 0.00475. The molecule has 0 N–H and O–H groups in total. The molecule has 5 rings (SSSR count). The number of para-hydroxylation sites is 2. The Bertz CT molecular complexity index is 1210. The molecule has 162 valence electrons. The monoisotopic (exact) mass is 445 g/mol. The average Bonchev–Trinajstić information content (AvgIpc) is 3.17. The van der Waals surface area contributed by atoms with Crippen LogP contribution in [0.25, 0.3) is 11.0 Å². The summed E-state index contributed by atoms with van der Waals surface area (Å²) in [7, 11) is 0. The van der Waals surface area contributed by atoms with Gasteiger partial charge in [-0.3, -0.25) is 9.69 Å². The van der Waals surface area contributed by atoms with Gasteiger partial charge in [0.1, 0.15) is 11.0 Å². The van der Waals surface area contributed by atoms with Gasteiger partial charge >= 0.3 is 0 Å². The number of carbonyl (C=O) groups excluding carboxylic acids is 1. The SMILES string of the molecule is O=C(c1ccc(Cl)nc1)N1CCN(Cc2nc3ccccc3n2Cc2ccccc2)CC1. The van der Waals surface area contributed by atoms with Crippen LogP contribution in [0.15, 0.2) is 72.9 Å². The van der Waals surface area contributed by atoms with Crippen molar-refractivity contribution in [2.45, 2.75) is 13.1 Å². The minimum absolute atomic E-state index is 0.00475. The van der Waals surface area contributed by atoms with Gasteiger partial charge in [-0.15, -0.1) is 0 Å². The molecule has 1 aliphatic rings. The van der Waals surface area contributed by atoms with Crippen molar-refractivity contribution in [1.82, 2.24) is 24.3 Å². The lowest BCUT2D eigenvalue weighted by atomic mass is 10.2. The van der Waals surface area contributed by atoms with Gasteiger partial charge in [-0.1, -0.05) is 54.1 Å². The summed E-state index contributed by atoms with van der Waals surface area (Å²) < 4.78 is 2.31. The third kappa shape index (κ3) is 4.38. The van der Waals surface area contributed by atoms with Crippen LogP contribution in [-0.2, 0) is 13.1 Å². The lowest BCUT2D eigenvalue weighted by molar-refractivity contribution is 0.0624. The molecule has 2 aromatic carbocycles. The molecule has 1 saturated heterocycles. The van der Waals surface area contributed by atoms with Crippen LogP contribution in [0, 0.1) is 0 Å². The van der Waals surface area contributed by atoms with Crippen LogP contribution in [0.5, 0.6) is 0 Å². The summed E-state index contributed by atoms with van der Waals surface area (Å²) in [4.78, 5) is 26.0. The molecule has 0 spiro atoms. The Morgan fingerprint density at radius 1 is 0.875 bits per heavy atom. The van der Waals surface area contributed by atoms with Crippen LogP contribution in [-0.4, -0.2) is 56.4 Å². The highest BCUT2D eigenvalue weighted by molar-refractivity contribution is 6.29. The van der Waals surface area contributed by atoms with E-state index < -0.39 is 0 Å². The zero-order valence-corrected chi connectivity index (χ0v) is 18.4. The lowest BCUT2D eigenvalue weighted by Crippen LogP contribution is -2.48. The highest BCUT2D eigenvalue weighted by Gasteiger charge is 2.24. The topological polar surface area (TPSA) is 54.3 Å². The summed E-state index contributed by atoms with van der Waals surface area (Å²) in [6.45, 7) is 4.52. The number of fused-ring (bicyclic) bond motifs is 1. The molecule has 0 aliphatic carbocycles. The molecule has 1 amide bonds. The molecule has 3 heterocycles. The number of halogens is 1. The summed E-state index contributed by atoms with van der Waals surface area (Å²) in [5, 5.41) is 0.393. The number of rotatable bonds is 5. The molecular formula is C25H24ClN5O. The van der Waals surface area contributed by atoms with Crippen molar-refractivity contribution in [2.75, 3.05) is 26.2 Å². The van der Waals surface area contributed by atoms with E-state index in [-0.39, 0.29) is 5.91 Å². The van der Waals surface area contributed by atoms with Crippen molar-refractivity contribution in [3.63, 3.8) is 0 Å². The minimum Gasteiger partial charge on any atom is -0.336 e. The van der Waals surface area contributed by atoms with E-state index in [0.717, 1.165) is 43.0 Å². The Balaban J connectivity index is 1.30. The maximum absolute atomic E-state index is 12.8. The van der Waals surface area contributed by atoms with Crippen LogP contribution in [0.1, 0.15) is 21.7 Å². The maximum Gasteiger partial charge on any atom is 0.255 e. The quantitative estimate of drug-likeness (QED) is 0.434. The Morgan fingerprint density at radius 3 is 2.38 bits per heavy atom. The van der Waals surface area contributed by atoms with E-state index in [1.165, 1.54) is 5.56 Å². The molecular weight excluding hydrogens is 422 g/mol. The highest BCUT2D eigenvalue weighted by atomic mass is 35.5. The lowest BCUT2D eigenvalue weighted by Gasteiger charge is -2.34. The van der Waals surface area contributed by atoms with Crippen molar-refractivity contribution < 1.29 is 4.79 Å². The zero-order chi connectivity index (χ0) is 21.9. The van der Waals surface area contributed by atoms with E-state index in [4.69, 9.17) is 16.6 Å². The van der Waals surface area contributed by atoms with Crippen molar-refractivity contribution in [2.24, 2.45) is 0 Å². The number of pyridine rings is 1. The number of hydrogen-bond donors (Lipinski definition) is 0. The van der Waals surface area contributed by atoms with Crippen molar-refractivity contribution in [3.8, 4) is 0 Å². The molecule has 0 bridgehead atoms. The fraction of sp³-hybridized carbons (Fsp3) is 0.240. The Kier molecular flexibility index (Phi) is 5.88. The molecule has 6 nitrogen and oxygen atoms in total. The number of imidazole rings is 1. The van der Waals surface area contributed by atoms with Crippen molar-refractivity contribution in [3.05, 3.63) is 95.0 Å². The fourth-order valence-electron chi connectivity index (χ4n) is 4.18. The molecule has 32 heavy (non-hydrogen) atoms. The predicted molar refractivity (Wildman–Crippen MR) is 126 cm³/mol. The van der Waals surface area contributed by atoms with Crippen LogP contribution < -0.4 is 0 Å². The largest absolute Gasteiger partial charge is 0.336 e. The molecule has 0 unspecified atom stereocenters. The van der Waals surface area contributed by atoms with Gasteiger partial charge in [0.15, 0.2) is 0 Å². The van der Waals surface area contributed by atoms with Gasteiger partial charge < -0.3 is 9.47 Å². The second-order valence-electron chi connectivity index (χ2n) is 8.03. The van der Waals surface area contributed by atoms with Gasteiger partial charge in [0, 0.05) is 38.9 Å². The van der Waals surface area contributed by atoms with Crippen LogP contribution >= 0.6 is 11.6 Å². The number of benzene rings is 2. The molecule has 4 aromatic rings. The third-order valence-electron chi connectivity index (χ3n) is 5.92. The van der Waals surface area contributed by atoms with E-state index in [2.05, 4.69) is 56.9 Å². The first-order valence-electron chi connectivity index (χ1n) is 10.8. The van der Waals surface area contributed by atoms with Gasteiger partial charge in [0.2, 0.25) is 0 Å². The normalized spacial score (nSPS) is 14.7. The first-order valence-corrected chi connectivity index (χ1v) is 11.2. The zero-order valence-electron chi connectivity index (χ0n) is 17.7. The molecule has 0 atom stereocenters. The maximum atomic E-state index is 12.8.